The van der Waals surface area contributed by atoms with Crippen molar-refractivity contribution in [2.24, 2.45) is 7.05 Å². The summed E-state index contributed by atoms with van der Waals surface area (Å²) in [4.78, 5) is 32.8. The van der Waals surface area contributed by atoms with E-state index in [1.54, 1.807) is 24.0 Å². The molecule has 0 aliphatic carbocycles. The Bertz CT molecular complexity index is 808. The van der Waals surface area contributed by atoms with Gasteiger partial charge >= 0.3 is 0 Å². The second-order valence-electron chi connectivity index (χ2n) is 7.07. The van der Waals surface area contributed by atoms with E-state index in [2.05, 4.69) is 15.2 Å². The number of carbonyl (C=O) groups excluding carboxylic acids is 2. The smallest absolute Gasteiger partial charge is 0.272 e. The molecule has 10 nitrogen and oxygen atoms in total. The highest BCUT2D eigenvalue weighted by Crippen LogP contribution is 2.30. The average molecular weight is 373 g/mol. The summed E-state index contributed by atoms with van der Waals surface area (Å²) >= 11 is 0. The first-order valence-corrected chi connectivity index (χ1v) is 9.08. The van der Waals surface area contributed by atoms with Crippen LogP contribution < -0.4 is 0 Å². The highest BCUT2D eigenvalue weighted by Gasteiger charge is 2.42. The lowest BCUT2D eigenvalue weighted by Crippen LogP contribution is -2.59. The van der Waals surface area contributed by atoms with Gasteiger partial charge in [-0.25, -0.2) is 9.67 Å². The average Bonchev–Trinajstić information content (AvgIpc) is 3.33. The molecule has 0 radical (unpaired) electrons. The fraction of sp³-hybridized carbons (Fsp3) is 0.588. The van der Waals surface area contributed by atoms with Gasteiger partial charge in [0.25, 0.3) is 5.91 Å². The lowest BCUT2D eigenvalue weighted by molar-refractivity contribution is -0.158. The van der Waals surface area contributed by atoms with E-state index >= 15 is 0 Å². The van der Waals surface area contributed by atoms with Gasteiger partial charge in [-0.05, 0) is 18.9 Å². The number of piperidine rings is 1. The third-order valence-electron chi connectivity index (χ3n) is 5.37. The minimum atomic E-state index is -0.375. The van der Waals surface area contributed by atoms with Crippen LogP contribution in [0.25, 0.3) is 0 Å². The van der Waals surface area contributed by atoms with E-state index in [1.165, 1.54) is 17.3 Å². The zero-order valence-electron chi connectivity index (χ0n) is 15.3. The number of hydrogen-bond donors (Lipinski definition) is 0. The van der Waals surface area contributed by atoms with Crippen molar-refractivity contribution < 1.29 is 14.3 Å². The van der Waals surface area contributed by atoms with E-state index in [0.29, 0.717) is 51.3 Å². The molecular formula is C17H23N7O3. The molecule has 4 rings (SSSR count). The standard InChI is InChI=1S/C17H23N7O3/c1-21-14(2-5-19-21)16(26)22-6-3-17(4-7-22)11-23(8-9-27-17)15(25)10-24-13-18-12-20-24/h2,5,12-13H,3-4,6-11H2,1H3. The summed E-state index contributed by atoms with van der Waals surface area (Å²) in [6, 6.07) is 1.73. The predicted octanol–water partition coefficient (Wildman–Crippen LogP) is -0.455. The van der Waals surface area contributed by atoms with Crippen LogP contribution >= 0.6 is 0 Å². The Balaban J connectivity index is 1.36. The fourth-order valence-electron chi connectivity index (χ4n) is 3.78. The molecule has 2 amide bonds. The van der Waals surface area contributed by atoms with Gasteiger partial charge in [0.15, 0.2) is 0 Å². The van der Waals surface area contributed by atoms with Crippen LogP contribution in [-0.2, 0) is 23.1 Å². The number of hydrogen-bond acceptors (Lipinski definition) is 6. The van der Waals surface area contributed by atoms with Gasteiger partial charge in [-0.15, -0.1) is 0 Å². The Morgan fingerprint density at radius 2 is 2.00 bits per heavy atom. The highest BCUT2D eigenvalue weighted by molar-refractivity contribution is 5.92. The molecule has 0 N–H and O–H groups in total. The van der Waals surface area contributed by atoms with E-state index < -0.39 is 0 Å². The normalized spacial score (nSPS) is 19.4. The number of carbonyl (C=O) groups is 2. The van der Waals surface area contributed by atoms with Crippen LogP contribution in [-0.4, -0.2) is 84.5 Å². The molecule has 2 aliphatic heterocycles. The van der Waals surface area contributed by atoms with Gasteiger partial charge in [-0.3, -0.25) is 14.3 Å². The van der Waals surface area contributed by atoms with Gasteiger partial charge in [-0.1, -0.05) is 0 Å². The van der Waals surface area contributed by atoms with Crippen LogP contribution in [0.5, 0.6) is 0 Å². The van der Waals surface area contributed by atoms with E-state index in [-0.39, 0.29) is 24.0 Å². The van der Waals surface area contributed by atoms with Crippen molar-refractivity contribution in [1.29, 1.82) is 0 Å². The summed E-state index contributed by atoms with van der Waals surface area (Å²) in [6.45, 7) is 3.03. The Morgan fingerprint density at radius 1 is 1.19 bits per heavy atom. The maximum absolute atomic E-state index is 12.6. The van der Waals surface area contributed by atoms with Crippen molar-refractivity contribution in [2.75, 3.05) is 32.8 Å². The Labute approximate surface area is 156 Å². The molecule has 144 valence electrons. The van der Waals surface area contributed by atoms with Crippen molar-refractivity contribution in [3.05, 3.63) is 30.6 Å². The third kappa shape index (κ3) is 3.57. The molecule has 1 spiro atoms. The molecule has 0 saturated carbocycles. The van der Waals surface area contributed by atoms with Gasteiger partial charge in [0.1, 0.15) is 24.9 Å². The number of ether oxygens (including phenoxy) is 1. The highest BCUT2D eigenvalue weighted by atomic mass is 16.5. The molecule has 0 aromatic carbocycles. The van der Waals surface area contributed by atoms with E-state index in [4.69, 9.17) is 4.74 Å². The van der Waals surface area contributed by atoms with Crippen molar-refractivity contribution in [3.63, 3.8) is 0 Å². The van der Waals surface area contributed by atoms with Crippen molar-refractivity contribution in [1.82, 2.24) is 34.3 Å². The van der Waals surface area contributed by atoms with Crippen LogP contribution in [0.4, 0.5) is 0 Å². The minimum absolute atomic E-state index is 0.0107. The van der Waals surface area contributed by atoms with Gasteiger partial charge in [0.05, 0.1) is 12.2 Å². The second kappa shape index (κ2) is 7.10. The third-order valence-corrected chi connectivity index (χ3v) is 5.37. The van der Waals surface area contributed by atoms with E-state index in [0.717, 1.165) is 0 Å². The van der Waals surface area contributed by atoms with Crippen LogP contribution in [0.2, 0.25) is 0 Å². The van der Waals surface area contributed by atoms with Crippen molar-refractivity contribution in [3.8, 4) is 0 Å². The molecule has 27 heavy (non-hydrogen) atoms. The monoisotopic (exact) mass is 373 g/mol. The summed E-state index contributed by atoms with van der Waals surface area (Å²) in [5.41, 5.74) is 0.208. The summed E-state index contributed by atoms with van der Waals surface area (Å²) in [7, 11) is 1.77. The van der Waals surface area contributed by atoms with Crippen molar-refractivity contribution >= 4 is 11.8 Å². The first-order valence-electron chi connectivity index (χ1n) is 9.08. The second-order valence-corrected chi connectivity index (χ2v) is 7.07. The lowest BCUT2D eigenvalue weighted by atomic mass is 9.89. The molecule has 2 aromatic rings. The predicted molar refractivity (Wildman–Crippen MR) is 93.6 cm³/mol. The van der Waals surface area contributed by atoms with Gasteiger partial charge in [0.2, 0.25) is 5.91 Å². The number of morpholine rings is 1. The summed E-state index contributed by atoms with van der Waals surface area (Å²) in [5.74, 6) is -0.00339. The van der Waals surface area contributed by atoms with E-state index in [9.17, 15) is 9.59 Å². The maximum Gasteiger partial charge on any atom is 0.272 e. The number of nitrogens with zero attached hydrogens (tertiary/aromatic N) is 7. The summed E-state index contributed by atoms with van der Waals surface area (Å²) in [5, 5.41) is 8.06. The Kier molecular flexibility index (Phi) is 4.65. The largest absolute Gasteiger partial charge is 0.371 e. The molecule has 0 atom stereocenters. The maximum atomic E-state index is 12.6. The number of aromatic nitrogens is 5. The molecule has 2 aromatic heterocycles. The SMILES string of the molecule is Cn1nccc1C(=O)N1CCC2(CC1)CN(C(=O)Cn1cncn1)CCO2. The molecule has 10 heteroatoms. The number of amides is 2. The van der Waals surface area contributed by atoms with Gasteiger partial charge in [0, 0.05) is 39.4 Å². The molecule has 4 heterocycles. The zero-order valence-corrected chi connectivity index (χ0v) is 15.3. The van der Waals surface area contributed by atoms with Crippen molar-refractivity contribution in [2.45, 2.75) is 25.0 Å². The topological polar surface area (TPSA) is 98.4 Å². The number of rotatable bonds is 3. The first-order chi connectivity index (χ1) is 13.1. The summed E-state index contributed by atoms with van der Waals surface area (Å²) < 4.78 is 9.20. The summed E-state index contributed by atoms with van der Waals surface area (Å²) in [6.07, 6.45) is 6.01. The first kappa shape index (κ1) is 17.7. The van der Waals surface area contributed by atoms with Gasteiger partial charge < -0.3 is 14.5 Å². The van der Waals surface area contributed by atoms with Crippen LogP contribution in [0.1, 0.15) is 23.3 Å². The Hall–Kier alpha value is -2.75. The molecule has 0 unspecified atom stereocenters. The van der Waals surface area contributed by atoms with Crippen LogP contribution in [0.15, 0.2) is 24.9 Å². The molecule has 2 saturated heterocycles. The molecular weight excluding hydrogens is 350 g/mol. The number of aryl methyl sites for hydroxylation is 1. The van der Waals surface area contributed by atoms with Crippen LogP contribution in [0, 0.1) is 0 Å². The fourth-order valence-corrected chi connectivity index (χ4v) is 3.78. The molecule has 2 fully saturated rings. The zero-order chi connectivity index (χ0) is 18.9. The Morgan fingerprint density at radius 3 is 2.67 bits per heavy atom. The number of likely N-dealkylation sites (tertiary alicyclic amines) is 1. The van der Waals surface area contributed by atoms with Gasteiger partial charge in [-0.2, -0.15) is 10.2 Å². The molecule has 0 bridgehead atoms. The molecule has 2 aliphatic rings. The lowest BCUT2D eigenvalue weighted by Gasteiger charge is -2.47. The van der Waals surface area contributed by atoms with E-state index in [1.807, 2.05) is 9.80 Å². The van der Waals surface area contributed by atoms with Crippen LogP contribution in [0.3, 0.4) is 0 Å². The quantitative estimate of drug-likeness (QED) is 0.722. The minimum Gasteiger partial charge on any atom is -0.371 e.